The molecule has 0 aliphatic carbocycles. The van der Waals surface area contributed by atoms with E-state index in [1.54, 1.807) is 24.3 Å². The van der Waals surface area contributed by atoms with E-state index in [-0.39, 0.29) is 0 Å². The molecular formula is C12H13F3N2O. The van der Waals surface area contributed by atoms with Crippen LogP contribution in [0.25, 0.3) is 6.08 Å². The molecule has 18 heavy (non-hydrogen) atoms. The van der Waals surface area contributed by atoms with E-state index in [0.717, 1.165) is 5.56 Å². The standard InChI is InChI=1S/C12H13F3N2O/c13-12(14,15)7-8-17-11(18)6-3-9-1-4-10(16)5-2-9/h1-6H,7-8,16H2,(H,17,18)/b6-3+. The van der Waals surface area contributed by atoms with Crippen LogP contribution in [0.2, 0.25) is 0 Å². The highest BCUT2D eigenvalue weighted by Crippen LogP contribution is 2.18. The van der Waals surface area contributed by atoms with Gasteiger partial charge in [-0.1, -0.05) is 12.1 Å². The van der Waals surface area contributed by atoms with Crippen LogP contribution in [0.4, 0.5) is 18.9 Å². The summed E-state index contributed by atoms with van der Waals surface area (Å²) in [6.45, 7) is -0.422. The summed E-state index contributed by atoms with van der Waals surface area (Å²) in [6, 6.07) is 6.74. The number of carbonyl (C=O) groups is 1. The van der Waals surface area contributed by atoms with E-state index >= 15 is 0 Å². The van der Waals surface area contributed by atoms with Gasteiger partial charge >= 0.3 is 6.18 Å². The Labute approximate surface area is 102 Å². The zero-order valence-electron chi connectivity index (χ0n) is 9.50. The SMILES string of the molecule is Nc1ccc(/C=C/C(=O)NCCC(F)(F)F)cc1. The summed E-state index contributed by atoms with van der Waals surface area (Å²) >= 11 is 0. The number of hydrogen-bond acceptors (Lipinski definition) is 2. The van der Waals surface area contributed by atoms with Crippen molar-refractivity contribution < 1.29 is 18.0 Å². The van der Waals surface area contributed by atoms with Crippen molar-refractivity contribution in [2.75, 3.05) is 12.3 Å². The fraction of sp³-hybridized carbons (Fsp3) is 0.250. The fourth-order valence-corrected chi connectivity index (χ4v) is 1.17. The molecule has 0 fully saturated rings. The third kappa shape index (κ3) is 5.93. The first-order valence-corrected chi connectivity index (χ1v) is 5.25. The molecule has 1 aromatic carbocycles. The molecule has 0 unspecified atom stereocenters. The van der Waals surface area contributed by atoms with E-state index in [9.17, 15) is 18.0 Å². The summed E-state index contributed by atoms with van der Waals surface area (Å²) in [6.07, 6.45) is -2.60. The Morgan fingerprint density at radius 1 is 1.28 bits per heavy atom. The lowest BCUT2D eigenvalue weighted by molar-refractivity contribution is -0.134. The van der Waals surface area contributed by atoms with Gasteiger partial charge in [0.1, 0.15) is 0 Å². The molecule has 1 aromatic rings. The molecule has 0 saturated heterocycles. The van der Waals surface area contributed by atoms with E-state index in [1.807, 2.05) is 0 Å². The molecule has 0 saturated carbocycles. The molecule has 0 heterocycles. The van der Waals surface area contributed by atoms with Crippen molar-refractivity contribution in [1.29, 1.82) is 0 Å². The monoisotopic (exact) mass is 258 g/mol. The lowest BCUT2D eigenvalue weighted by Gasteiger charge is -2.05. The van der Waals surface area contributed by atoms with Crippen LogP contribution in [0.3, 0.4) is 0 Å². The third-order valence-electron chi connectivity index (χ3n) is 2.07. The van der Waals surface area contributed by atoms with Crippen LogP contribution >= 0.6 is 0 Å². The summed E-state index contributed by atoms with van der Waals surface area (Å²) in [5.41, 5.74) is 6.82. The van der Waals surface area contributed by atoms with Gasteiger partial charge in [-0.15, -0.1) is 0 Å². The van der Waals surface area contributed by atoms with Gasteiger partial charge in [-0.05, 0) is 23.8 Å². The normalized spacial score (nSPS) is 11.7. The van der Waals surface area contributed by atoms with E-state index in [2.05, 4.69) is 5.32 Å². The highest BCUT2D eigenvalue weighted by molar-refractivity contribution is 5.91. The van der Waals surface area contributed by atoms with Crippen LogP contribution in [-0.2, 0) is 4.79 Å². The van der Waals surface area contributed by atoms with Crippen molar-refractivity contribution in [3.8, 4) is 0 Å². The fourth-order valence-electron chi connectivity index (χ4n) is 1.17. The number of alkyl halides is 3. The number of amides is 1. The maximum atomic E-state index is 11.8. The Morgan fingerprint density at radius 3 is 2.44 bits per heavy atom. The summed E-state index contributed by atoms with van der Waals surface area (Å²) < 4.78 is 35.4. The minimum Gasteiger partial charge on any atom is -0.399 e. The number of halogens is 3. The average molecular weight is 258 g/mol. The van der Waals surface area contributed by atoms with Gasteiger partial charge in [0.05, 0.1) is 6.42 Å². The molecule has 0 aliphatic heterocycles. The largest absolute Gasteiger partial charge is 0.399 e. The second-order valence-corrected chi connectivity index (χ2v) is 3.66. The highest BCUT2D eigenvalue weighted by atomic mass is 19.4. The minimum atomic E-state index is -4.26. The Hall–Kier alpha value is -1.98. The van der Waals surface area contributed by atoms with Crippen molar-refractivity contribution in [3.63, 3.8) is 0 Å². The summed E-state index contributed by atoms with van der Waals surface area (Å²) in [4.78, 5) is 11.2. The number of nitrogens with one attached hydrogen (secondary N) is 1. The first-order valence-electron chi connectivity index (χ1n) is 5.25. The molecule has 98 valence electrons. The van der Waals surface area contributed by atoms with Gasteiger partial charge in [0.15, 0.2) is 0 Å². The molecule has 0 aromatic heterocycles. The van der Waals surface area contributed by atoms with Crippen molar-refractivity contribution in [2.24, 2.45) is 0 Å². The second kappa shape index (κ2) is 6.09. The maximum absolute atomic E-state index is 11.8. The number of nitrogen functional groups attached to an aromatic ring is 1. The lowest BCUT2D eigenvalue weighted by Crippen LogP contribution is -2.26. The molecule has 0 radical (unpaired) electrons. The van der Waals surface area contributed by atoms with Crippen LogP contribution in [-0.4, -0.2) is 18.6 Å². The van der Waals surface area contributed by atoms with Gasteiger partial charge < -0.3 is 11.1 Å². The quantitative estimate of drug-likeness (QED) is 0.643. The van der Waals surface area contributed by atoms with Gasteiger partial charge in [-0.3, -0.25) is 4.79 Å². The highest BCUT2D eigenvalue weighted by Gasteiger charge is 2.26. The molecular weight excluding hydrogens is 245 g/mol. The molecule has 0 spiro atoms. The van der Waals surface area contributed by atoms with Crippen molar-refractivity contribution >= 4 is 17.7 Å². The summed E-state index contributed by atoms with van der Waals surface area (Å²) in [5, 5.41) is 2.15. The van der Waals surface area contributed by atoms with Gasteiger partial charge in [0.2, 0.25) is 5.91 Å². The summed E-state index contributed by atoms with van der Waals surface area (Å²) in [7, 11) is 0. The molecule has 3 N–H and O–H groups in total. The van der Waals surface area contributed by atoms with E-state index < -0.39 is 25.0 Å². The minimum absolute atomic E-state index is 0.422. The lowest BCUT2D eigenvalue weighted by atomic mass is 10.2. The number of carbonyl (C=O) groups excluding carboxylic acids is 1. The van der Waals surface area contributed by atoms with Crippen LogP contribution in [0.15, 0.2) is 30.3 Å². The zero-order valence-corrected chi connectivity index (χ0v) is 9.50. The topological polar surface area (TPSA) is 55.1 Å². The molecule has 0 atom stereocenters. The predicted octanol–water partition coefficient (Wildman–Crippen LogP) is 2.35. The van der Waals surface area contributed by atoms with Crippen molar-refractivity contribution in [1.82, 2.24) is 5.32 Å². The Morgan fingerprint density at radius 2 is 1.89 bits per heavy atom. The van der Waals surface area contributed by atoms with Crippen LogP contribution in [0, 0.1) is 0 Å². The molecule has 0 aliphatic rings. The van der Waals surface area contributed by atoms with Gasteiger partial charge in [-0.25, -0.2) is 0 Å². The smallest absolute Gasteiger partial charge is 0.390 e. The Kier molecular flexibility index (Phi) is 4.76. The van der Waals surface area contributed by atoms with E-state index in [1.165, 1.54) is 12.2 Å². The number of hydrogen-bond donors (Lipinski definition) is 2. The Bertz CT molecular complexity index is 424. The molecule has 3 nitrogen and oxygen atoms in total. The first-order chi connectivity index (χ1) is 8.37. The Balaban J connectivity index is 2.38. The molecule has 0 bridgehead atoms. The summed E-state index contributed by atoms with van der Waals surface area (Å²) in [5.74, 6) is -0.559. The van der Waals surface area contributed by atoms with E-state index in [0.29, 0.717) is 5.69 Å². The van der Waals surface area contributed by atoms with Crippen LogP contribution < -0.4 is 11.1 Å². The van der Waals surface area contributed by atoms with Crippen LogP contribution in [0.1, 0.15) is 12.0 Å². The maximum Gasteiger partial charge on any atom is 0.390 e. The number of nitrogens with two attached hydrogens (primary N) is 1. The zero-order chi connectivity index (χ0) is 13.6. The number of benzene rings is 1. The first kappa shape index (κ1) is 14.1. The van der Waals surface area contributed by atoms with Crippen molar-refractivity contribution in [3.05, 3.63) is 35.9 Å². The molecule has 6 heteroatoms. The second-order valence-electron chi connectivity index (χ2n) is 3.66. The number of anilines is 1. The number of rotatable bonds is 4. The van der Waals surface area contributed by atoms with Gasteiger partial charge in [0.25, 0.3) is 0 Å². The van der Waals surface area contributed by atoms with Gasteiger partial charge in [0, 0.05) is 18.3 Å². The third-order valence-corrected chi connectivity index (χ3v) is 2.07. The van der Waals surface area contributed by atoms with Gasteiger partial charge in [-0.2, -0.15) is 13.2 Å². The molecule has 1 rings (SSSR count). The average Bonchev–Trinajstić information content (AvgIpc) is 2.26. The van der Waals surface area contributed by atoms with Crippen molar-refractivity contribution in [2.45, 2.75) is 12.6 Å². The molecule has 1 amide bonds. The predicted molar refractivity (Wildman–Crippen MR) is 63.6 cm³/mol. The van der Waals surface area contributed by atoms with E-state index in [4.69, 9.17) is 5.73 Å². The van der Waals surface area contributed by atoms with Crippen LogP contribution in [0.5, 0.6) is 0 Å².